The van der Waals surface area contributed by atoms with Crippen molar-refractivity contribution in [2.75, 3.05) is 20.5 Å². The summed E-state index contributed by atoms with van der Waals surface area (Å²) in [4.78, 5) is 0. The molecule has 1 saturated heterocycles. The van der Waals surface area contributed by atoms with Crippen LogP contribution in [0.4, 0.5) is 0 Å². The molecule has 1 N–H and O–H groups in total. The lowest BCUT2D eigenvalue weighted by atomic mass is 10.1. The second-order valence-electron chi connectivity index (χ2n) is 4.38. The fraction of sp³-hybridized carbons (Fsp3) is 1.00. The van der Waals surface area contributed by atoms with Crippen molar-refractivity contribution in [1.82, 2.24) is 0 Å². The molecule has 1 heterocycles. The molecule has 1 unspecified atom stereocenters. The number of rotatable bonds is 6. The van der Waals surface area contributed by atoms with Crippen molar-refractivity contribution in [3.8, 4) is 0 Å². The Kier molecular flexibility index (Phi) is 5.14. The third kappa shape index (κ3) is 3.68. The summed E-state index contributed by atoms with van der Waals surface area (Å²) in [5.41, 5.74) is 0. The van der Waals surface area contributed by atoms with E-state index in [1.54, 1.807) is 7.11 Å². The van der Waals surface area contributed by atoms with Gasteiger partial charge in [-0.15, -0.1) is 0 Å². The molecule has 0 aromatic rings. The molecule has 16 heavy (non-hydrogen) atoms. The summed E-state index contributed by atoms with van der Waals surface area (Å²) < 4.78 is 21.4. The Morgan fingerprint density at radius 2 is 2.19 bits per heavy atom. The van der Waals surface area contributed by atoms with Gasteiger partial charge in [-0.1, -0.05) is 6.92 Å². The predicted octanol–water partition coefficient (Wildman–Crippen LogP) is 0.898. The molecule has 0 aromatic carbocycles. The molecule has 5 heteroatoms. The summed E-state index contributed by atoms with van der Waals surface area (Å²) in [5.74, 6) is -0.604. The lowest BCUT2D eigenvalue weighted by Crippen LogP contribution is -2.42. The minimum absolute atomic E-state index is 0.141. The molecule has 0 radical (unpaired) electrons. The van der Waals surface area contributed by atoms with Gasteiger partial charge in [-0.3, -0.25) is 0 Å². The standard InChI is InChI=1S/C11H22O5/c1-5-8(12)10(14-7-13-4)9-6-15-11(2,3)16-9/h8-10,12H,5-7H2,1-4H3/t8?,9-,10-/m0/s1. The summed E-state index contributed by atoms with van der Waals surface area (Å²) in [7, 11) is 1.55. The van der Waals surface area contributed by atoms with Crippen molar-refractivity contribution in [2.24, 2.45) is 0 Å². The number of aliphatic hydroxyl groups excluding tert-OH is 1. The highest BCUT2D eigenvalue weighted by atomic mass is 16.8. The smallest absolute Gasteiger partial charge is 0.163 e. The van der Waals surface area contributed by atoms with E-state index >= 15 is 0 Å². The maximum atomic E-state index is 9.86. The first-order valence-electron chi connectivity index (χ1n) is 5.60. The van der Waals surface area contributed by atoms with Crippen LogP contribution < -0.4 is 0 Å². The first-order valence-corrected chi connectivity index (χ1v) is 5.60. The topological polar surface area (TPSA) is 57.2 Å². The highest BCUT2D eigenvalue weighted by molar-refractivity contribution is 4.83. The second kappa shape index (κ2) is 5.93. The molecule has 1 aliphatic rings. The Balaban J connectivity index is 2.55. The Hall–Kier alpha value is -0.200. The van der Waals surface area contributed by atoms with E-state index in [0.717, 1.165) is 0 Å². The predicted molar refractivity (Wildman–Crippen MR) is 58.0 cm³/mol. The number of aliphatic hydroxyl groups is 1. The first kappa shape index (κ1) is 13.9. The van der Waals surface area contributed by atoms with Crippen LogP contribution in [0.15, 0.2) is 0 Å². The van der Waals surface area contributed by atoms with E-state index < -0.39 is 18.0 Å². The number of hydrogen-bond acceptors (Lipinski definition) is 5. The van der Waals surface area contributed by atoms with E-state index in [0.29, 0.717) is 13.0 Å². The summed E-state index contributed by atoms with van der Waals surface area (Å²) in [6.45, 7) is 6.16. The third-order valence-corrected chi connectivity index (χ3v) is 2.57. The Morgan fingerprint density at radius 3 is 2.62 bits per heavy atom. The van der Waals surface area contributed by atoms with E-state index in [9.17, 15) is 5.11 Å². The van der Waals surface area contributed by atoms with Gasteiger partial charge in [0.1, 0.15) is 19.0 Å². The Labute approximate surface area is 96.6 Å². The lowest BCUT2D eigenvalue weighted by molar-refractivity contribution is -0.187. The van der Waals surface area contributed by atoms with Crippen LogP contribution in [-0.2, 0) is 18.9 Å². The number of methoxy groups -OCH3 is 1. The molecule has 0 bridgehead atoms. The SMILES string of the molecule is CCC(O)[C@H](OCOC)[C@@H]1COC(C)(C)O1. The zero-order chi connectivity index (χ0) is 12.2. The van der Waals surface area contributed by atoms with E-state index in [2.05, 4.69) is 0 Å². The fourth-order valence-corrected chi connectivity index (χ4v) is 1.72. The maximum absolute atomic E-state index is 9.86. The van der Waals surface area contributed by atoms with Crippen LogP contribution in [0.25, 0.3) is 0 Å². The Bertz CT molecular complexity index is 207. The molecule has 0 aliphatic carbocycles. The summed E-state index contributed by atoms with van der Waals surface area (Å²) in [5, 5.41) is 9.86. The second-order valence-corrected chi connectivity index (χ2v) is 4.38. The molecule has 1 fully saturated rings. The van der Waals surface area contributed by atoms with Crippen LogP contribution in [-0.4, -0.2) is 49.7 Å². The zero-order valence-corrected chi connectivity index (χ0v) is 10.4. The van der Waals surface area contributed by atoms with E-state index in [1.807, 2.05) is 20.8 Å². The maximum Gasteiger partial charge on any atom is 0.163 e. The van der Waals surface area contributed by atoms with E-state index in [4.69, 9.17) is 18.9 Å². The van der Waals surface area contributed by atoms with Gasteiger partial charge in [-0.25, -0.2) is 0 Å². The zero-order valence-electron chi connectivity index (χ0n) is 10.4. The molecule has 1 rings (SSSR count). The fourth-order valence-electron chi connectivity index (χ4n) is 1.72. The first-order chi connectivity index (χ1) is 7.50. The molecular weight excluding hydrogens is 212 g/mol. The largest absolute Gasteiger partial charge is 0.390 e. The van der Waals surface area contributed by atoms with Gasteiger partial charge in [0.25, 0.3) is 0 Å². The van der Waals surface area contributed by atoms with Crippen molar-refractivity contribution in [2.45, 2.75) is 51.3 Å². The van der Waals surface area contributed by atoms with Gasteiger partial charge < -0.3 is 24.1 Å². The van der Waals surface area contributed by atoms with Crippen LogP contribution >= 0.6 is 0 Å². The normalized spacial score (nSPS) is 27.9. The lowest BCUT2D eigenvalue weighted by Gasteiger charge is -2.27. The van der Waals surface area contributed by atoms with Crippen molar-refractivity contribution in [3.05, 3.63) is 0 Å². The highest BCUT2D eigenvalue weighted by Crippen LogP contribution is 2.27. The molecule has 3 atom stereocenters. The molecule has 0 aromatic heterocycles. The minimum Gasteiger partial charge on any atom is -0.390 e. The van der Waals surface area contributed by atoms with Crippen LogP contribution in [0.2, 0.25) is 0 Å². The summed E-state index contributed by atoms with van der Waals surface area (Å²) in [6.07, 6.45) is -0.626. The monoisotopic (exact) mass is 234 g/mol. The van der Waals surface area contributed by atoms with Crippen molar-refractivity contribution >= 4 is 0 Å². The van der Waals surface area contributed by atoms with Crippen LogP contribution in [0.3, 0.4) is 0 Å². The molecular formula is C11H22O5. The summed E-state index contributed by atoms with van der Waals surface area (Å²) >= 11 is 0. The summed E-state index contributed by atoms with van der Waals surface area (Å²) in [6, 6.07) is 0. The molecule has 0 spiro atoms. The van der Waals surface area contributed by atoms with Crippen LogP contribution in [0.5, 0.6) is 0 Å². The molecule has 1 aliphatic heterocycles. The molecule has 96 valence electrons. The van der Waals surface area contributed by atoms with Gasteiger partial charge in [-0.2, -0.15) is 0 Å². The van der Waals surface area contributed by atoms with Crippen molar-refractivity contribution in [1.29, 1.82) is 0 Å². The van der Waals surface area contributed by atoms with Crippen LogP contribution in [0, 0.1) is 0 Å². The molecule has 5 nitrogen and oxygen atoms in total. The minimum atomic E-state index is -0.604. The van der Waals surface area contributed by atoms with Gasteiger partial charge in [0.05, 0.1) is 12.7 Å². The molecule has 0 amide bonds. The quantitative estimate of drug-likeness (QED) is 0.692. The number of ether oxygens (including phenoxy) is 4. The van der Waals surface area contributed by atoms with Gasteiger partial charge in [0, 0.05) is 7.11 Å². The number of hydrogen-bond donors (Lipinski definition) is 1. The van der Waals surface area contributed by atoms with E-state index in [1.165, 1.54) is 0 Å². The van der Waals surface area contributed by atoms with Gasteiger partial charge >= 0.3 is 0 Å². The molecule has 0 saturated carbocycles. The van der Waals surface area contributed by atoms with Gasteiger partial charge in [-0.05, 0) is 20.3 Å². The third-order valence-electron chi connectivity index (χ3n) is 2.57. The van der Waals surface area contributed by atoms with Gasteiger partial charge in [0.2, 0.25) is 0 Å². The Morgan fingerprint density at radius 1 is 1.50 bits per heavy atom. The van der Waals surface area contributed by atoms with Crippen molar-refractivity contribution < 1.29 is 24.1 Å². The highest BCUT2D eigenvalue weighted by Gasteiger charge is 2.40. The average Bonchev–Trinajstić information content (AvgIpc) is 2.59. The van der Waals surface area contributed by atoms with Gasteiger partial charge in [0.15, 0.2) is 5.79 Å². The average molecular weight is 234 g/mol. The van der Waals surface area contributed by atoms with Crippen LogP contribution in [0.1, 0.15) is 27.2 Å². The van der Waals surface area contributed by atoms with Crippen molar-refractivity contribution in [3.63, 3.8) is 0 Å². The van der Waals surface area contributed by atoms with E-state index in [-0.39, 0.29) is 12.9 Å².